The second-order valence-electron chi connectivity index (χ2n) is 13.6. The van der Waals surface area contributed by atoms with Crippen molar-refractivity contribution in [1.29, 1.82) is 0 Å². The molecular weight excluding hydrogens is 625 g/mol. The van der Waals surface area contributed by atoms with E-state index < -0.39 is 5.97 Å². The Morgan fingerprint density at radius 2 is 1.76 bits per heavy atom. The van der Waals surface area contributed by atoms with Crippen LogP contribution in [0.2, 0.25) is 10.0 Å². The van der Waals surface area contributed by atoms with Crippen LogP contribution in [0.5, 0.6) is 5.88 Å². The van der Waals surface area contributed by atoms with Crippen LogP contribution in [0.15, 0.2) is 47.3 Å². The summed E-state index contributed by atoms with van der Waals surface area (Å²) < 4.78 is 18.8. The molecule has 0 amide bonds. The van der Waals surface area contributed by atoms with Gasteiger partial charge in [-0.25, -0.2) is 9.78 Å². The smallest absolute Gasteiger partial charge is 0.354 e. The summed E-state index contributed by atoms with van der Waals surface area (Å²) in [5, 5.41) is 16.6. The first-order chi connectivity index (χ1) is 22.3. The number of carboxylic acid groups (broad SMARTS) is 1. The number of carboxylic acids is 1. The summed E-state index contributed by atoms with van der Waals surface area (Å²) in [6, 6.07) is 7.71. The van der Waals surface area contributed by atoms with Crippen molar-refractivity contribution in [2.24, 2.45) is 5.41 Å². The standard InChI is InChI=1S/C36H35Cl2N3O5/c37-27-18-39-19-28(38)30(27)31-26(32(46-41-31)22-6-7-22)20-44-36-13-10-35(11-14-36,12-15-36)9-8-21-4-5-23-17-29(34(42)43)40-33(25(23)16-21)45-24-2-1-3-24/h4-5,8-9,16-19,22,24H,1-3,6-7,10-15,20H2,(H,42,43). The number of carbonyl (C=O) groups is 1. The summed E-state index contributed by atoms with van der Waals surface area (Å²) in [6.45, 7) is 0.419. The highest BCUT2D eigenvalue weighted by molar-refractivity contribution is 6.38. The molecule has 8 nitrogen and oxygen atoms in total. The quantitative estimate of drug-likeness (QED) is 0.179. The Bertz CT molecular complexity index is 1820. The van der Waals surface area contributed by atoms with Gasteiger partial charge in [-0.1, -0.05) is 52.6 Å². The molecule has 0 unspecified atom stereocenters. The lowest BCUT2D eigenvalue weighted by Gasteiger charge is -2.52. The average molecular weight is 661 g/mol. The van der Waals surface area contributed by atoms with Crippen molar-refractivity contribution >= 4 is 46.0 Å². The van der Waals surface area contributed by atoms with Crippen LogP contribution in [-0.4, -0.2) is 37.9 Å². The molecule has 46 heavy (non-hydrogen) atoms. The molecule has 5 aliphatic carbocycles. The van der Waals surface area contributed by atoms with Crippen molar-refractivity contribution in [2.45, 2.75) is 94.9 Å². The van der Waals surface area contributed by atoms with E-state index in [-0.39, 0.29) is 22.8 Å². The molecule has 3 heterocycles. The molecular formula is C36H35Cl2N3O5. The van der Waals surface area contributed by atoms with Gasteiger partial charge in [-0.2, -0.15) is 0 Å². The maximum Gasteiger partial charge on any atom is 0.354 e. The van der Waals surface area contributed by atoms with Gasteiger partial charge in [-0.3, -0.25) is 4.98 Å². The lowest BCUT2D eigenvalue weighted by atomic mass is 9.58. The summed E-state index contributed by atoms with van der Waals surface area (Å²) in [4.78, 5) is 20.1. The summed E-state index contributed by atoms with van der Waals surface area (Å²) in [5.41, 5.74) is 3.30. The van der Waals surface area contributed by atoms with Gasteiger partial charge in [0.2, 0.25) is 5.88 Å². The average Bonchev–Trinajstić information content (AvgIpc) is 3.81. The third kappa shape index (κ3) is 5.58. The molecule has 3 aromatic heterocycles. The van der Waals surface area contributed by atoms with Crippen molar-refractivity contribution in [3.05, 3.63) is 75.4 Å². The maximum absolute atomic E-state index is 11.7. The second-order valence-corrected chi connectivity index (χ2v) is 14.4. The Morgan fingerprint density at radius 3 is 2.41 bits per heavy atom. The van der Waals surface area contributed by atoms with Gasteiger partial charge in [0.25, 0.3) is 0 Å². The van der Waals surface area contributed by atoms with E-state index in [9.17, 15) is 9.90 Å². The molecule has 2 bridgehead atoms. The molecule has 10 heteroatoms. The van der Waals surface area contributed by atoms with Gasteiger partial charge in [-0.05, 0) is 99.1 Å². The zero-order valence-corrected chi connectivity index (χ0v) is 26.9. The third-order valence-electron chi connectivity index (χ3n) is 10.6. The molecule has 0 atom stereocenters. The number of fused-ring (bicyclic) bond motifs is 4. The first-order valence-electron chi connectivity index (χ1n) is 16.3. The van der Waals surface area contributed by atoms with E-state index in [1.807, 2.05) is 12.1 Å². The number of benzene rings is 1. The molecule has 5 aliphatic rings. The lowest BCUT2D eigenvalue weighted by molar-refractivity contribution is -0.133. The number of ether oxygens (including phenoxy) is 2. The number of nitrogens with zero attached hydrogens (tertiary/aromatic N) is 3. The Kier molecular flexibility index (Phi) is 7.58. The fraction of sp³-hybridized carbons (Fsp3) is 0.444. The SMILES string of the molecule is O=C(O)c1cc2ccc(C=CC34CCC(OCc5c(-c6c(Cl)cncc6Cl)noc5C5CC5)(CC3)CC4)cc2c(OC2CCC2)n1. The summed E-state index contributed by atoms with van der Waals surface area (Å²) in [6.07, 6.45) is 19.3. The first-order valence-corrected chi connectivity index (χ1v) is 17.0. The molecule has 1 aromatic carbocycles. The van der Waals surface area contributed by atoms with Crippen LogP contribution in [0.4, 0.5) is 0 Å². The number of hydrogen-bond acceptors (Lipinski definition) is 7. The number of allylic oxidation sites excluding steroid dienone is 1. The third-order valence-corrected chi connectivity index (χ3v) is 11.2. The largest absolute Gasteiger partial charge is 0.477 e. The number of halogens is 2. The molecule has 9 rings (SSSR count). The zero-order valence-electron chi connectivity index (χ0n) is 25.4. The van der Waals surface area contributed by atoms with E-state index in [0.29, 0.717) is 39.7 Å². The topological polar surface area (TPSA) is 108 Å². The number of rotatable bonds is 10. The van der Waals surface area contributed by atoms with Gasteiger partial charge >= 0.3 is 5.97 Å². The molecule has 0 saturated heterocycles. The summed E-state index contributed by atoms with van der Waals surface area (Å²) in [7, 11) is 0. The zero-order chi connectivity index (χ0) is 31.5. The Morgan fingerprint density at radius 1 is 1.02 bits per heavy atom. The van der Waals surface area contributed by atoms with Gasteiger partial charge < -0.3 is 19.1 Å². The molecule has 0 aliphatic heterocycles. The molecule has 238 valence electrons. The fourth-order valence-corrected chi connectivity index (χ4v) is 7.83. The van der Waals surface area contributed by atoms with E-state index in [0.717, 1.165) is 98.3 Å². The van der Waals surface area contributed by atoms with Gasteiger partial charge in [0.1, 0.15) is 17.6 Å². The predicted octanol–water partition coefficient (Wildman–Crippen LogP) is 9.42. The predicted molar refractivity (Wildman–Crippen MR) is 175 cm³/mol. The Labute approximate surface area is 277 Å². The van der Waals surface area contributed by atoms with Crippen LogP contribution in [0, 0.1) is 5.41 Å². The maximum atomic E-state index is 11.7. The van der Waals surface area contributed by atoms with Crippen LogP contribution in [0.1, 0.15) is 104 Å². The summed E-state index contributed by atoms with van der Waals surface area (Å²) >= 11 is 13.0. The fourth-order valence-electron chi connectivity index (χ4n) is 7.29. The highest BCUT2D eigenvalue weighted by Gasteiger charge is 2.48. The van der Waals surface area contributed by atoms with Gasteiger partial charge in [-0.15, -0.1) is 0 Å². The number of aromatic nitrogens is 3. The van der Waals surface area contributed by atoms with E-state index >= 15 is 0 Å². The van der Waals surface area contributed by atoms with Crippen molar-refractivity contribution in [2.75, 3.05) is 0 Å². The van der Waals surface area contributed by atoms with E-state index in [1.54, 1.807) is 18.5 Å². The van der Waals surface area contributed by atoms with Gasteiger partial charge in [0.05, 0.1) is 22.3 Å². The number of pyridine rings is 2. The van der Waals surface area contributed by atoms with Crippen molar-refractivity contribution in [3.63, 3.8) is 0 Å². The molecule has 5 saturated carbocycles. The van der Waals surface area contributed by atoms with Crippen LogP contribution < -0.4 is 4.74 Å². The monoisotopic (exact) mass is 659 g/mol. The van der Waals surface area contributed by atoms with Gasteiger partial charge in [0.15, 0.2) is 5.69 Å². The van der Waals surface area contributed by atoms with E-state index in [4.69, 9.17) is 37.2 Å². The molecule has 0 spiro atoms. The lowest BCUT2D eigenvalue weighted by Crippen LogP contribution is -2.46. The Balaban J connectivity index is 0.982. The minimum atomic E-state index is -1.05. The number of hydrogen-bond donors (Lipinski definition) is 1. The molecule has 0 radical (unpaired) electrons. The van der Waals surface area contributed by atoms with Crippen molar-refractivity contribution in [3.8, 4) is 17.1 Å². The number of aromatic carboxylic acids is 1. The van der Waals surface area contributed by atoms with Crippen LogP contribution >= 0.6 is 23.2 Å². The highest BCUT2D eigenvalue weighted by atomic mass is 35.5. The van der Waals surface area contributed by atoms with Crippen LogP contribution in [0.3, 0.4) is 0 Å². The van der Waals surface area contributed by atoms with Crippen LogP contribution in [-0.2, 0) is 11.3 Å². The second kappa shape index (κ2) is 11.7. The normalized spacial score (nSPS) is 24.5. The minimum absolute atomic E-state index is 0.00750. The van der Waals surface area contributed by atoms with Crippen LogP contribution in [0.25, 0.3) is 28.1 Å². The van der Waals surface area contributed by atoms with Crippen molar-refractivity contribution < 1.29 is 23.9 Å². The molecule has 4 aromatic rings. The Hall–Kier alpha value is -3.46. The minimum Gasteiger partial charge on any atom is -0.477 e. The van der Waals surface area contributed by atoms with E-state index in [1.165, 1.54) is 0 Å². The van der Waals surface area contributed by atoms with Crippen molar-refractivity contribution in [1.82, 2.24) is 15.1 Å². The molecule has 1 N–H and O–H groups in total. The first kappa shape index (κ1) is 29.9. The van der Waals surface area contributed by atoms with Gasteiger partial charge in [0, 0.05) is 34.8 Å². The molecule has 5 fully saturated rings. The van der Waals surface area contributed by atoms with E-state index in [2.05, 4.69) is 33.3 Å². The summed E-state index contributed by atoms with van der Waals surface area (Å²) in [5.74, 6) is 0.633. The highest BCUT2D eigenvalue weighted by Crippen LogP contribution is 2.55.